The van der Waals surface area contributed by atoms with Crippen LogP contribution in [0, 0.1) is 0 Å². The molecule has 0 saturated carbocycles. The molecule has 1 heterocycles. The van der Waals surface area contributed by atoms with Gasteiger partial charge >= 0.3 is 0 Å². The molecule has 0 aromatic heterocycles. The summed E-state index contributed by atoms with van der Waals surface area (Å²) in [6.07, 6.45) is 4.95. The van der Waals surface area contributed by atoms with Crippen LogP contribution in [0.5, 0.6) is 0 Å². The van der Waals surface area contributed by atoms with E-state index in [0.29, 0.717) is 36.6 Å². The summed E-state index contributed by atoms with van der Waals surface area (Å²) in [5.41, 5.74) is 10.7. The van der Waals surface area contributed by atoms with Crippen LogP contribution in [0.4, 0.5) is 5.69 Å². The molecule has 2 aromatic carbocycles. The molecule has 7 heteroatoms. The quantitative estimate of drug-likeness (QED) is 0.207. The lowest BCUT2D eigenvalue weighted by Gasteiger charge is -2.13. The molecule has 1 aliphatic carbocycles. The maximum atomic E-state index is 12.3. The minimum Gasteiger partial charge on any atom is -0.370 e. The number of anilines is 1. The van der Waals surface area contributed by atoms with Gasteiger partial charge in [0, 0.05) is 18.8 Å². The molecule has 0 atom stereocenters. The van der Waals surface area contributed by atoms with E-state index in [-0.39, 0.29) is 35.8 Å². The van der Waals surface area contributed by atoms with Crippen molar-refractivity contribution >= 4 is 47.4 Å². The number of aryl methyl sites for hydroxylation is 2. The molecular formula is C22H25IN4O2. The average molecular weight is 504 g/mol. The molecule has 0 fully saturated rings. The molecule has 2 aromatic rings. The van der Waals surface area contributed by atoms with Gasteiger partial charge in [0.1, 0.15) is 0 Å². The summed E-state index contributed by atoms with van der Waals surface area (Å²) in [6.45, 7) is 0.951. The number of carbonyl (C=O) groups excluding carboxylic acids is 2. The van der Waals surface area contributed by atoms with Gasteiger partial charge in [0.25, 0.3) is 11.8 Å². The van der Waals surface area contributed by atoms with E-state index in [2.05, 4.69) is 22.4 Å². The first-order chi connectivity index (χ1) is 13.6. The van der Waals surface area contributed by atoms with Gasteiger partial charge in [0.05, 0.1) is 11.1 Å². The zero-order valence-corrected chi connectivity index (χ0v) is 18.5. The van der Waals surface area contributed by atoms with Crippen molar-refractivity contribution in [1.29, 1.82) is 0 Å². The zero-order chi connectivity index (χ0) is 19.5. The van der Waals surface area contributed by atoms with Crippen molar-refractivity contribution in [2.75, 3.05) is 18.4 Å². The molecule has 1 aliphatic heterocycles. The summed E-state index contributed by atoms with van der Waals surface area (Å²) < 4.78 is 0. The number of benzene rings is 2. The van der Waals surface area contributed by atoms with Crippen molar-refractivity contribution in [2.45, 2.75) is 32.1 Å². The number of halogens is 1. The van der Waals surface area contributed by atoms with Crippen molar-refractivity contribution < 1.29 is 9.59 Å². The number of amides is 2. The Hall–Kier alpha value is -2.42. The number of hydrogen-bond donors (Lipinski definition) is 2. The lowest BCUT2D eigenvalue weighted by Crippen LogP contribution is -2.30. The van der Waals surface area contributed by atoms with E-state index in [0.717, 1.165) is 24.9 Å². The summed E-state index contributed by atoms with van der Waals surface area (Å²) in [7, 11) is 0. The van der Waals surface area contributed by atoms with Gasteiger partial charge in [-0.25, -0.2) is 0 Å². The molecule has 2 aliphatic rings. The molecule has 2 amide bonds. The monoisotopic (exact) mass is 504 g/mol. The fraction of sp³-hybridized carbons (Fsp3) is 0.318. The Balaban J connectivity index is 0.00000240. The van der Waals surface area contributed by atoms with E-state index in [1.165, 1.54) is 22.4 Å². The third-order valence-electron chi connectivity index (χ3n) is 5.32. The van der Waals surface area contributed by atoms with E-state index in [1.54, 1.807) is 24.3 Å². The highest BCUT2D eigenvalue weighted by Crippen LogP contribution is 2.25. The Morgan fingerprint density at radius 1 is 1.00 bits per heavy atom. The maximum Gasteiger partial charge on any atom is 0.261 e. The summed E-state index contributed by atoms with van der Waals surface area (Å²) in [4.78, 5) is 30.3. The summed E-state index contributed by atoms with van der Waals surface area (Å²) in [5.74, 6) is -0.0255. The smallest absolute Gasteiger partial charge is 0.261 e. The minimum absolute atomic E-state index is 0. The Kier molecular flexibility index (Phi) is 6.89. The second kappa shape index (κ2) is 9.39. The van der Waals surface area contributed by atoms with Crippen LogP contribution in [0.25, 0.3) is 0 Å². The van der Waals surface area contributed by atoms with Crippen molar-refractivity contribution in [3.63, 3.8) is 0 Å². The predicted octanol–water partition coefficient (Wildman–Crippen LogP) is 3.60. The highest BCUT2D eigenvalue weighted by Gasteiger charge is 2.34. The number of fused-ring (bicyclic) bond motifs is 2. The van der Waals surface area contributed by atoms with Gasteiger partial charge in [0.2, 0.25) is 0 Å². The lowest BCUT2D eigenvalue weighted by atomic mass is 10.1. The van der Waals surface area contributed by atoms with Gasteiger partial charge in [-0.2, -0.15) is 0 Å². The van der Waals surface area contributed by atoms with Crippen LogP contribution >= 0.6 is 24.0 Å². The van der Waals surface area contributed by atoms with E-state index >= 15 is 0 Å². The van der Waals surface area contributed by atoms with Crippen LogP contribution in [-0.2, 0) is 12.8 Å². The van der Waals surface area contributed by atoms with Crippen molar-refractivity contribution in [1.82, 2.24) is 4.90 Å². The lowest BCUT2D eigenvalue weighted by molar-refractivity contribution is 0.0652. The van der Waals surface area contributed by atoms with Crippen LogP contribution in [0.1, 0.15) is 51.1 Å². The highest BCUT2D eigenvalue weighted by atomic mass is 127. The van der Waals surface area contributed by atoms with E-state index < -0.39 is 0 Å². The van der Waals surface area contributed by atoms with Crippen LogP contribution in [0.2, 0.25) is 0 Å². The standard InChI is InChI=1S/C22H24N4O2.HI/c23-22(25-17-11-10-15-6-5-7-16(15)14-17)24-12-3-4-13-26-20(27)18-8-1-2-9-19(18)21(26)28;/h1-2,8-11,14H,3-7,12-13H2,(H3,23,24,25);1H. The third-order valence-corrected chi connectivity index (χ3v) is 5.32. The summed E-state index contributed by atoms with van der Waals surface area (Å²) >= 11 is 0. The molecule has 0 spiro atoms. The Morgan fingerprint density at radius 2 is 1.69 bits per heavy atom. The topological polar surface area (TPSA) is 87.8 Å². The second-order valence-electron chi connectivity index (χ2n) is 7.24. The normalized spacial score (nSPS) is 15.2. The Morgan fingerprint density at radius 3 is 2.41 bits per heavy atom. The number of nitrogens with two attached hydrogens (primary N) is 1. The number of carbonyl (C=O) groups is 2. The molecule has 0 radical (unpaired) electrons. The average Bonchev–Trinajstić information content (AvgIpc) is 3.26. The van der Waals surface area contributed by atoms with Crippen LogP contribution in [0.3, 0.4) is 0 Å². The molecule has 29 heavy (non-hydrogen) atoms. The molecular weight excluding hydrogens is 479 g/mol. The van der Waals surface area contributed by atoms with Gasteiger partial charge in [-0.05, 0) is 67.5 Å². The predicted molar refractivity (Wildman–Crippen MR) is 125 cm³/mol. The number of aliphatic imine (C=N–C) groups is 1. The third kappa shape index (κ3) is 4.60. The van der Waals surface area contributed by atoms with Gasteiger partial charge < -0.3 is 11.1 Å². The van der Waals surface area contributed by atoms with Gasteiger partial charge in [-0.3, -0.25) is 19.5 Å². The molecule has 152 valence electrons. The van der Waals surface area contributed by atoms with Gasteiger partial charge in [-0.1, -0.05) is 18.2 Å². The summed E-state index contributed by atoms with van der Waals surface area (Å²) in [5, 5.41) is 3.14. The molecule has 0 unspecified atom stereocenters. The first-order valence-electron chi connectivity index (χ1n) is 9.77. The highest BCUT2D eigenvalue weighted by molar-refractivity contribution is 14.0. The Bertz CT molecular complexity index is 923. The maximum absolute atomic E-state index is 12.3. The first kappa shape index (κ1) is 21.3. The summed E-state index contributed by atoms with van der Waals surface area (Å²) in [6, 6.07) is 13.3. The molecule has 6 nitrogen and oxygen atoms in total. The van der Waals surface area contributed by atoms with Crippen LogP contribution in [0.15, 0.2) is 47.5 Å². The zero-order valence-electron chi connectivity index (χ0n) is 16.2. The number of rotatable bonds is 6. The SMILES string of the molecule is I.NC(=NCCCCN1C(=O)c2ccccc2C1=O)Nc1ccc2c(c1)CCC2. The van der Waals surface area contributed by atoms with Crippen LogP contribution in [-0.4, -0.2) is 35.8 Å². The fourth-order valence-electron chi connectivity index (χ4n) is 3.86. The van der Waals surface area contributed by atoms with Crippen molar-refractivity contribution in [3.8, 4) is 0 Å². The first-order valence-corrected chi connectivity index (χ1v) is 9.77. The Labute approximate surface area is 187 Å². The number of nitrogens with zero attached hydrogens (tertiary/aromatic N) is 2. The molecule has 0 bridgehead atoms. The van der Waals surface area contributed by atoms with E-state index in [1.807, 2.05) is 6.07 Å². The van der Waals surface area contributed by atoms with E-state index in [9.17, 15) is 9.59 Å². The fourth-order valence-corrected chi connectivity index (χ4v) is 3.86. The molecule has 3 N–H and O–H groups in total. The number of hydrogen-bond acceptors (Lipinski definition) is 3. The van der Waals surface area contributed by atoms with Gasteiger partial charge in [0.15, 0.2) is 5.96 Å². The van der Waals surface area contributed by atoms with Gasteiger partial charge in [-0.15, -0.1) is 24.0 Å². The number of imide groups is 1. The largest absolute Gasteiger partial charge is 0.370 e. The van der Waals surface area contributed by atoms with Crippen molar-refractivity contribution in [2.24, 2.45) is 10.7 Å². The number of guanidine groups is 1. The molecule has 4 rings (SSSR count). The van der Waals surface area contributed by atoms with E-state index in [4.69, 9.17) is 5.73 Å². The minimum atomic E-state index is -0.207. The van der Waals surface area contributed by atoms with Crippen LogP contribution < -0.4 is 11.1 Å². The molecule has 0 saturated heterocycles. The van der Waals surface area contributed by atoms with Crippen molar-refractivity contribution in [3.05, 3.63) is 64.7 Å². The second-order valence-corrected chi connectivity index (χ2v) is 7.24. The number of nitrogens with one attached hydrogen (secondary N) is 1. The number of unbranched alkanes of at least 4 members (excludes halogenated alkanes) is 1.